The number of phenols is 1. The summed E-state index contributed by atoms with van der Waals surface area (Å²) in [6.45, 7) is 3.67. The molecule has 0 amide bonds. The quantitative estimate of drug-likeness (QED) is 0.783. The average molecular weight is 364 g/mol. The largest absolute Gasteiger partial charge is 0.508 e. The summed E-state index contributed by atoms with van der Waals surface area (Å²) < 4.78 is 5.71. The molecule has 27 heavy (non-hydrogen) atoms. The second-order valence-electron chi connectivity index (χ2n) is 7.49. The van der Waals surface area contributed by atoms with E-state index in [1.807, 2.05) is 19.2 Å². The first-order valence-corrected chi connectivity index (χ1v) is 9.82. The van der Waals surface area contributed by atoms with Gasteiger partial charge in [0.2, 0.25) is 0 Å². The summed E-state index contributed by atoms with van der Waals surface area (Å²) in [5.41, 5.74) is 4.85. The molecule has 0 bridgehead atoms. The molecule has 2 aromatic rings. The summed E-state index contributed by atoms with van der Waals surface area (Å²) in [4.78, 5) is 2.58. The molecular weight excluding hydrogens is 336 g/mol. The van der Waals surface area contributed by atoms with Gasteiger partial charge in [-0.3, -0.25) is 4.90 Å². The molecular formula is C23H28N2O2. The maximum absolute atomic E-state index is 10.0. The topological polar surface area (TPSA) is 44.7 Å². The highest BCUT2D eigenvalue weighted by atomic mass is 16.5. The number of benzene rings is 2. The van der Waals surface area contributed by atoms with Gasteiger partial charge in [0.15, 0.2) is 0 Å². The van der Waals surface area contributed by atoms with Crippen molar-refractivity contribution in [1.29, 1.82) is 0 Å². The van der Waals surface area contributed by atoms with Gasteiger partial charge in [0, 0.05) is 50.0 Å². The van der Waals surface area contributed by atoms with Crippen LogP contribution in [0.1, 0.15) is 24.0 Å². The smallest absolute Gasteiger partial charge is 0.116 e. The maximum Gasteiger partial charge on any atom is 0.116 e. The lowest BCUT2D eigenvalue weighted by atomic mass is 9.87. The summed E-state index contributed by atoms with van der Waals surface area (Å²) in [6.07, 6.45) is 4.51. The van der Waals surface area contributed by atoms with Gasteiger partial charge < -0.3 is 15.2 Å². The molecule has 2 atom stereocenters. The van der Waals surface area contributed by atoms with Crippen LogP contribution < -0.4 is 5.32 Å². The van der Waals surface area contributed by atoms with Gasteiger partial charge in [-0.1, -0.05) is 36.4 Å². The molecule has 4 rings (SSSR count). The lowest BCUT2D eigenvalue weighted by molar-refractivity contribution is 0.134. The van der Waals surface area contributed by atoms with Crippen molar-refractivity contribution in [3.63, 3.8) is 0 Å². The normalized spacial score (nSPS) is 23.2. The van der Waals surface area contributed by atoms with Crippen molar-refractivity contribution < 1.29 is 9.84 Å². The minimum Gasteiger partial charge on any atom is -0.508 e. The maximum atomic E-state index is 10.0. The van der Waals surface area contributed by atoms with Crippen LogP contribution in [-0.4, -0.2) is 42.9 Å². The van der Waals surface area contributed by atoms with Crippen LogP contribution in [-0.2, 0) is 11.3 Å². The minimum atomic E-state index is 0.317. The van der Waals surface area contributed by atoms with Crippen molar-refractivity contribution >= 4 is 11.3 Å². The van der Waals surface area contributed by atoms with Crippen molar-refractivity contribution in [2.75, 3.05) is 32.1 Å². The van der Waals surface area contributed by atoms with E-state index in [1.54, 1.807) is 6.07 Å². The van der Waals surface area contributed by atoms with Gasteiger partial charge in [-0.15, -0.1) is 0 Å². The van der Waals surface area contributed by atoms with Gasteiger partial charge in [0.25, 0.3) is 0 Å². The van der Waals surface area contributed by atoms with E-state index in [9.17, 15) is 5.11 Å². The molecule has 1 fully saturated rings. The molecule has 1 saturated heterocycles. The third kappa shape index (κ3) is 4.02. The molecule has 2 aliphatic heterocycles. The summed E-state index contributed by atoms with van der Waals surface area (Å²) in [5.74, 6) is 0.844. The Kier molecular flexibility index (Phi) is 5.46. The molecule has 4 heteroatoms. The molecule has 2 unspecified atom stereocenters. The van der Waals surface area contributed by atoms with Crippen LogP contribution in [0.15, 0.2) is 54.6 Å². The van der Waals surface area contributed by atoms with Gasteiger partial charge in [0.05, 0.1) is 6.61 Å². The summed E-state index contributed by atoms with van der Waals surface area (Å²) in [6, 6.07) is 16.6. The predicted octanol–water partition coefficient (Wildman–Crippen LogP) is 4.13. The molecule has 0 saturated carbocycles. The average Bonchev–Trinajstić information content (AvgIpc) is 3.24. The van der Waals surface area contributed by atoms with E-state index in [4.69, 9.17) is 4.74 Å². The Morgan fingerprint density at radius 1 is 1.19 bits per heavy atom. The molecule has 142 valence electrons. The van der Waals surface area contributed by atoms with Crippen LogP contribution >= 0.6 is 0 Å². The third-order valence-corrected chi connectivity index (χ3v) is 5.76. The fourth-order valence-corrected chi connectivity index (χ4v) is 4.31. The standard InChI is InChI=1S/C23H28N2O2/c1-24-22-8-7-20(26)14-21(22)18-9-11-25(15-17-5-3-2-4-6-17)23(13-18)19-10-12-27-16-19/h2-8,13-14,19,23-24,26H,9-12,15-16H2,1H3. The monoisotopic (exact) mass is 364 g/mol. The first-order valence-electron chi connectivity index (χ1n) is 9.82. The van der Waals surface area contributed by atoms with Gasteiger partial charge >= 0.3 is 0 Å². The highest BCUT2D eigenvalue weighted by molar-refractivity contribution is 5.78. The number of ether oxygens (including phenoxy) is 1. The number of rotatable bonds is 5. The molecule has 4 nitrogen and oxygen atoms in total. The highest BCUT2D eigenvalue weighted by Crippen LogP contribution is 2.36. The van der Waals surface area contributed by atoms with E-state index in [-0.39, 0.29) is 0 Å². The minimum absolute atomic E-state index is 0.317. The highest BCUT2D eigenvalue weighted by Gasteiger charge is 2.32. The molecule has 2 N–H and O–H groups in total. The predicted molar refractivity (Wildman–Crippen MR) is 110 cm³/mol. The third-order valence-electron chi connectivity index (χ3n) is 5.76. The zero-order chi connectivity index (χ0) is 18.6. The lowest BCUT2D eigenvalue weighted by Gasteiger charge is -2.38. The molecule has 0 aliphatic carbocycles. The zero-order valence-electron chi connectivity index (χ0n) is 15.9. The molecule has 0 radical (unpaired) electrons. The van der Waals surface area contributed by atoms with E-state index in [0.717, 1.165) is 50.4 Å². The number of phenolic OH excluding ortho intramolecular Hbond substituents is 1. The summed E-state index contributed by atoms with van der Waals surface area (Å²) >= 11 is 0. The number of nitrogens with zero attached hydrogens (tertiary/aromatic N) is 1. The molecule has 0 aromatic heterocycles. The number of nitrogens with one attached hydrogen (secondary N) is 1. The Labute approximate surface area is 161 Å². The van der Waals surface area contributed by atoms with E-state index in [2.05, 4.69) is 46.6 Å². The first kappa shape index (κ1) is 18.1. The number of hydrogen-bond acceptors (Lipinski definition) is 4. The van der Waals surface area contributed by atoms with Crippen LogP contribution in [0.2, 0.25) is 0 Å². The second kappa shape index (κ2) is 8.15. The Bertz CT molecular complexity index is 797. The zero-order valence-corrected chi connectivity index (χ0v) is 15.9. The van der Waals surface area contributed by atoms with Crippen LogP contribution in [0.3, 0.4) is 0 Å². The van der Waals surface area contributed by atoms with E-state index < -0.39 is 0 Å². The van der Waals surface area contributed by atoms with Crippen LogP contribution in [0.25, 0.3) is 5.57 Å². The van der Waals surface area contributed by atoms with E-state index in [0.29, 0.717) is 17.7 Å². The van der Waals surface area contributed by atoms with Crippen molar-refractivity contribution in [2.24, 2.45) is 5.92 Å². The van der Waals surface area contributed by atoms with Crippen LogP contribution in [0.4, 0.5) is 5.69 Å². The lowest BCUT2D eigenvalue weighted by Crippen LogP contribution is -2.42. The Morgan fingerprint density at radius 3 is 2.78 bits per heavy atom. The van der Waals surface area contributed by atoms with Crippen molar-refractivity contribution in [1.82, 2.24) is 4.90 Å². The SMILES string of the molecule is CNc1ccc(O)cc1C1=CC(C2CCOC2)N(Cc2ccccc2)CC1. The van der Waals surface area contributed by atoms with Gasteiger partial charge in [0.1, 0.15) is 5.75 Å². The van der Waals surface area contributed by atoms with Crippen molar-refractivity contribution in [2.45, 2.75) is 25.4 Å². The van der Waals surface area contributed by atoms with E-state index in [1.165, 1.54) is 11.1 Å². The molecule has 2 heterocycles. The summed E-state index contributed by atoms with van der Waals surface area (Å²) in [7, 11) is 1.93. The molecule has 0 spiro atoms. The number of anilines is 1. The van der Waals surface area contributed by atoms with Gasteiger partial charge in [-0.25, -0.2) is 0 Å². The van der Waals surface area contributed by atoms with Crippen molar-refractivity contribution in [3.8, 4) is 5.75 Å². The molecule has 2 aliphatic rings. The van der Waals surface area contributed by atoms with Crippen LogP contribution in [0.5, 0.6) is 5.75 Å². The first-order chi connectivity index (χ1) is 13.2. The summed E-state index contributed by atoms with van der Waals surface area (Å²) in [5, 5.41) is 13.3. The van der Waals surface area contributed by atoms with Gasteiger partial charge in [-0.05, 0) is 42.2 Å². The fraction of sp³-hybridized carbons (Fsp3) is 0.391. The Hall–Kier alpha value is -2.30. The number of hydrogen-bond donors (Lipinski definition) is 2. The molecule has 2 aromatic carbocycles. The number of aromatic hydroxyl groups is 1. The van der Waals surface area contributed by atoms with E-state index >= 15 is 0 Å². The van der Waals surface area contributed by atoms with Gasteiger partial charge in [-0.2, -0.15) is 0 Å². The fourth-order valence-electron chi connectivity index (χ4n) is 4.31. The second-order valence-corrected chi connectivity index (χ2v) is 7.49. The van der Waals surface area contributed by atoms with Crippen molar-refractivity contribution in [3.05, 3.63) is 65.7 Å². The Balaban J connectivity index is 1.65. The Morgan fingerprint density at radius 2 is 2.04 bits per heavy atom. The van der Waals surface area contributed by atoms with Crippen LogP contribution in [0, 0.1) is 5.92 Å².